The highest BCUT2D eigenvalue weighted by atomic mass is 16.1. The Bertz CT molecular complexity index is 492. The molecule has 1 N–H and O–H groups in total. The summed E-state index contributed by atoms with van der Waals surface area (Å²) in [5, 5.41) is 0. The monoisotopic (exact) mass is 188 g/mol. The van der Waals surface area contributed by atoms with Crippen LogP contribution in [0.4, 0.5) is 0 Å². The third-order valence-electron chi connectivity index (χ3n) is 1.85. The normalized spacial score (nSPS) is 10.1. The molecular formula is C9H8N4O. The van der Waals surface area contributed by atoms with Gasteiger partial charge in [-0.25, -0.2) is 9.78 Å². The molecule has 2 heterocycles. The highest BCUT2D eigenvalue weighted by molar-refractivity contribution is 5.58. The van der Waals surface area contributed by atoms with Gasteiger partial charge >= 0.3 is 5.69 Å². The van der Waals surface area contributed by atoms with Crippen LogP contribution < -0.4 is 5.69 Å². The molecule has 5 heteroatoms. The molecule has 0 saturated carbocycles. The zero-order valence-electron chi connectivity index (χ0n) is 7.56. The maximum absolute atomic E-state index is 10.9. The minimum absolute atomic E-state index is 0.352. The van der Waals surface area contributed by atoms with Gasteiger partial charge in [0.15, 0.2) is 0 Å². The summed E-state index contributed by atoms with van der Waals surface area (Å²) in [5.41, 5.74) is 1.88. The lowest BCUT2D eigenvalue weighted by atomic mass is 10.2. The Labute approximate surface area is 79.9 Å². The summed E-state index contributed by atoms with van der Waals surface area (Å²) in [6, 6.07) is 0. The van der Waals surface area contributed by atoms with Gasteiger partial charge in [0.05, 0.1) is 11.9 Å². The van der Waals surface area contributed by atoms with Gasteiger partial charge in [-0.15, -0.1) is 0 Å². The lowest BCUT2D eigenvalue weighted by molar-refractivity contribution is 1.02. The van der Waals surface area contributed by atoms with E-state index in [9.17, 15) is 4.79 Å². The molecule has 5 nitrogen and oxygen atoms in total. The molecule has 0 bridgehead atoms. The summed E-state index contributed by atoms with van der Waals surface area (Å²) in [5.74, 6) is 0. The van der Waals surface area contributed by atoms with Gasteiger partial charge < -0.3 is 4.98 Å². The molecule has 0 aliphatic heterocycles. The van der Waals surface area contributed by atoms with Gasteiger partial charge in [0.1, 0.15) is 0 Å². The molecule has 0 atom stereocenters. The van der Waals surface area contributed by atoms with E-state index in [0.717, 1.165) is 11.3 Å². The van der Waals surface area contributed by atoms with Crippen molar-refractivity contribution in [2.45, 2.75) is 6.92 Å². The summed E-state index contributed by atoms with van der Waals surface area (Å²) < 4.78 is 0. The number of hydrogen-bond donors (Lipinski definition) is 1. The SMILES string of the molecule is Cc1[nH]c(=O)ncc1-c1cnccn1. The second-order valence-corrected chi connectivity index (χ2v) is 2.82. The average Bonchev–Trinajstić information content (AvgIpc) is 2.19. The molecule has 0 aliphatic rings. The predicted molar refractivity (Wildman–Crippen MR) is 50.6 cm³/mol. The van der Waals surface area contributed by atoms with E-state index < -0.39 is 0 Å². The van der Waals surface area contributed by atoms with Crippen LogP contribution in [-0.4, -0.2) is 19.9 Å². The fourth-order valence-corrected chi connectivity index (χ4v) is 1.18. The molecule has 70 valence electrons. The number of aryl methyl sites for hydroxylation is 1. The topological polar surface area (TPSA) is 71.5 Å². The second-order valence-electron chi connectivity index (χ2n) is 2.82. The number of H-pyrrole nitrogens is 1. The average molecular weight is 188 g/mol. The van der Waals surface area contributed by atoms with Crippen LogP contribution in [0.1, 0.15) is 5.69 Å². The Hall–Kier alpha value is -2.04. The Kier molecular flexibility index (Phi) is 2.06. The number of aromatic amines is 1. The molecule has 0 unspecified atom stereocenters. The lowest BCUT2D eigenvalue weighted by Gasteiger charge is -2.01. The van der Waals surface area contributed by atoms with Gasteiger partial charge in [-0.2, -0.15) is 0 Å². The predicted octanol–water partition coefficient (Wildman–Crippen LogP) is 0.535. The van der Waals surface area contributed by atoms with Crippen molar-refractivity contribution in [3.63, 3.8) is 0 Å². The first-order valence-electron chi connectivity index (χ1n) is 4.09. The van der Waals surface area contributed by atoms with Gasteiger partial charge in [0.2, 0.25) is 0 Å². The minimum atomic E-state index is -0.352. The van der Waals surface area contributed by atoms with Crippen LogP contribution in [0.3, 0.4) is 0 Å². The van der Waals surface area contributed by atoms with Crippen molar-refractivity contribution in [2.24, 2.45) is 0 Å². The zero-order chi connectivity index (χ0) is 9.97. The van der Waals surface area contributed by atoms with Crippen molar-refractivity contribution in [2.75, 3.05) is 0 Å². The third-order valence-corrected chi connectivity index (χ3v) is 1.85. The largest absolute Gasteiger partial charge is 0.345 e. The van der Waals surface area contributed by atoms with Crippen LogP contribution in [0.15, 0.2) is 29.6 Å². The van der Waals surface area contributed by atoms with Crippen LogP contribution in [0.5, 0.6) is 0 Å². The second kappa shape index (κ2) is 3.37. The van der Waals surface area contributed by atoms with Crippen LogP contribution in [-0.2, 0) is 0 Å². The molecule has 14 heavy (non-hydrogen) atoms. The smallest absolute Gasteiger partial charge is 0.309 e. The van der Waals surface area contributed by atoms with Gasteiger partial charge in [-0.1, -0.05) is 0 Å². The van der Waals surface area contributed by atoms with Gasteiger partial charge in [-0.05, 0) is 6.92 Å². The first kappa shape index (κ1) is 8.55. The van der Waals surface area contributed by atoms with E-state index in [1.807, 2.05) is 0 Å². The Morgan fingerprint density at radius 3 is 2.71 bits per heavy atom. The van der Waals surface area contributed by atoms with E-state index >= 15 is 0 Å². The maximum atomic E-state index is 10.9. The Balaban J connectivity index is 2.58. The van der Waals surface area contributed by atoms with Crippen LogP contribution in [0.25, 0.3) is 11.3 Å². The van der Waals surface area contributed by atoms with E-state index in [2.05, 4.69) is 19.9 Å². The molecular weight excluding hydrogens is 180 g/mol. The van der Waals surface area contributed by atoms with Crippen molar-refractivity contribution in [1.29, 1.82) is 0 Å². The van der Waals surface area contributed by atoms with E-state index in [4.69, 9.17) is 0 Å². The molecule has 2 aromatic rings. The lowest BCUT2D eigenvalue weighted by Crippen LogP contribution is -2.11. The van der Waals surface area contributed by atoms with Gasteiger partial charge in [-0.3, -0.25) is 9.97 Å². The van der Waals surface area contributed by atoms with Crippen molar-refractivity contribution in [1.82, 2.24) is 19.9 Å². The number of nitrogens with one attached hydrogen (secondary N) is 1. The minimum Gasteiger partial charge on any atom is -0.309 e. The molecule has 0 spiro atoms. The third kappa shape index (κ3) is 1.52. The Morgan fingerprint density at radius 2 is 2.07 bits per heavy atom. The highest BCUT2D eigenvalue weighted by Gasteiger charge is 2.03. The summed E-state index contributed by atoms with van der Waals surface area (Å²) in [6.45, 7) is 1.80. The maximum Gasteiger partial charge on any atom is 0.345 e. The van der Waals surface area contributed by atoms with E-state index in [1.54, 1.807) is 25.5 Å². The quantitative estimate of drug-likeness (QED) is 0.708. The van der Waals surface area contributed by atoms with Gasteiger partial charge in [0.25, 0.3) is 0 Å². The number of aromatic nitrogens is 4. The van der Waals surface area contributed by atoms with E-state index in [-0.39, 0.29) is 5.69 Å². The first-order chi connectivity index (χ1) is 6.77. The molecule has 0 aliphatic carbocycles. The molecule has 0 radical (unpaired) electrons. The molecule has 0 amide bonds. The van der Waals surface area contributed by atoms with Crippen molar-refractivity contribution in [3.05, 3.63) is 41.0 Å². The number of nitrogens with zero attached hydrogens (tertiary/aromatic N) is 3. The molecule has 2 aromatic heterocycles. The summed E-state index contributed by atoms with van der Waals surface area (Å²) in [6.07, 6.45) is 6.32. The number of rotatable bonds is 1. The van der Waals surface area contributed by atoms with Gasteiger partial charge in [0, 0.05) is 29.8 Å². The molecule has 0 fully saturated rings. The van der Waals surface area contributed by atoms with Crippen molar-refractivity contribution in [3.8, 4) is 11.3 Å². The zero-order valence-corrected chi connectivity index (χ0v) is 7.56. The Morgan fingerprint density at radius 1 is 1.21 bits per heavy atom. The molecule has 0 saturated heterocycles. The van der Waals surface area contributed by atoms with E-state index in [0.29, 0.717) is 5.69 Å². The standard InChI is InChI=1S/C9H8N4O/c1-6-7(4-12-9(14)13-6)8-5-10-2-3-11-8/h2-5H,1H3,(H,12,13,14). The van der Waals surface area contributed by atoms with Crippen molar-refractivity contribution >= 4 is 0 Å². The van der Waals surface area contributed by atoms with Crippen LogP contribution in [0, 0.1) is 6.92 Å². The number of hydrogen-bond acceptors (Lipinski definition) is 4. The molecule has 2 rings (SSSR count). The summed E-state index contributed by atoms with van der Waals surface area (Å²) in [7, 11) is 0. The summed E-state index contributed by atoms with van der Waals surface area (Å²) >= 11 is 0. The highest BCUT2D eigenvalue weighted by Crippen LogP contribution is 2.15. The van der Waals surface area contributed by atoms with E-state index in [1.165, 1.54) is 6.20 Å². The van der Waals surface area contributed by atoms with Crippen LogP contribution in [0.2, 0.25) is 0 Å². The van der Waals surface area contributed by atoms with Crippen LogP contribution >= 0.6 is 0 Å². The summed E-state index contributed by atoms with van der Waals surface area (Å²) in [4.78, 5) is 25.2. The fourth-order valence-electron chi connectivity index (χ4n) is 1.18. The molecule has 0 aromatic carbocycles. The van der Waals surface area contributed by atoms with Crippen molar-refractivity contribution < 1.29 is 0 Å². The fraction of sp³-hybridized carbons (Fsp3) is 0.111. The first-order valence-corrected chi connectivity index (χ1v) is 4.09.